The number of hydrogen-bond donors (Lipinski definition) is 1. The second-order valence-corrected chi connectivity index (χ2v) is 8.05. The number of aromatic nitrogens is 4. The minimum Gasteiger partial charge on any atom is -0.493 e. The van der Waals surface area contributed by atoms with E-state index in [0.29, 0.717) is 23.9 Å². The number of amides is 1. The zero-order valence-electron chi connectivity index (χ0n) is 17.7. The lowest BCUT2D eigenvalue weighted by atomic mass is 9.85. The van der Waals surface area contributed by atoms with Crippen molar-refractivity contribution in [1.82, 2.24) is 19.7 Å². The van der Waals surface area contributed by atoms with E-state index in [0.717, 1.165) is 35.4 Å². The molecule has 3 heterocycles. The molecule has 2 aromatic heterocycles. The highest BCUT2D eigenvalue weighted by Gasteiger charge is 2.33. The van der Waals surface area contributed by atoms with Crippen molar-refractivity contribution in [2.75, 3.05) is 12.4 Å². The summed E-state index contributed by atoms with van der Waals surface area (Å²) in [6.45, 7) is 1.94. The number of anilines is 1. The number of nitrogens with zero attached hydrogens (tertiary/aromatic N) is 4. The number of methoxy groups -OCH3 is 1. The smallest absolute Gasteiger partial charge is 0.252 e. The third kappa shape index (κ3) is 3.62. The molecule has 1 amide bonds. The van der Waals surface area contributed by atoms with Crippen molar-refractivity contribution in [3.63, 3.8) is 0 Å². The Morgan fingerprint density at radius 1 is 1.13 bits per heavy atom. The highest BCUT2D eigenvalue weighted by Crippen LogP contribution is 2.42. The van der Waals surface area contributed by atoms with Crippen LogP contribution >= 0.6 is 0 Å². The molecule has 1 fully saturated rings. The van der Waals surface area contributed by atoms with Gasteiger partial charge in [-0.2, -0.15) is 9.78 Å². The van der Waals surface area contributed by atoms with Crippen molar-refractivity contribution in [2.45, 2.75) is 51.0 Å². The van der Waals surface area contributed by atoms with Crippen LogP contribution in [0.25, 0.3) is 5.95 Å². The largest absolute Gasteiger partial charge is 0.493 e. The minimum atomic E-state index is -0.143. The number of nitrogens with one attached hydrogen (secondary N) is 1. The van der Waals surface area contributed by atoms with Crippen molar-refractivity contribution < 1.29 is 14.3 Å². The van der Waals surface area contributed by atoms with Gasteiger partial charge in [0.05, 0.1) is 18.9 Å². The molecule has 0 radical (unpaired) electrons. The molecular weight excluding hydrogens is 394 g/mol. The Kier molecular flexibility index (Phi) is 5.05. The summed E-state index contributed by atoms with van der Waals surface area (Å²) in [6.07, 6.45) is 8.47. The van der Waals surface area contributed by atoms with E-state index in [9.17, 15) is 4.79 Å². The summed E-state index contributed by atoms with van der Waals surface area (Å²) < 4.78 is 13.4. The number of aryl methyl sites for hydroxylation is 1. The van der Waals surface area contributed by atoms with Gasteiger partial charge >= 0.3 is 0 Å². The summed E-state index contributed by atoms with van der Waals surface area (Å²) in [5, 5.41) is 7.58. The van der Waals surface area contributed by atoms with Gasteiger partial charge in [-0.3, -0.25) is 4.79 Å². The summed E-state index contributed by atoms with van der Waals surface area (Å²) in [7, 11) is 1.65. The maximum absolute atomic E-state index is 12.6. The molecule has 8 heteroatoms. The predicted octanol–water partition coefficient (Wildman–Crippen LogP) is 3.77. The first-order chi connectivity index (χ1) is 15.1. The molecule has 1 aromatic carbocycles. The highest BCUT2D eigenvalue weighted by molar-refractivity contribution is 5.95. The first-order valence-electron chi connectivity index (χ1n) is 10.7. The van der Waals surface area contributed by atoms with E-state index in [4.69, 9.17) is 9.47 Å². The quantitative estimate of drug-likeness (QED) is 0.677. The molecule has 1 atom stereocenters. The number of rotatable bonds is 5. The number of carbonyl (C=O) groups excluding carboxylic acids is 1. The second-order valence-electron chi connectivity index (χ2n) is 8.05. The van der Waals surface area contributed by atoms with Crippen LogP contribution < -0.4 is 14.8 Å². The molecule has 3 aromatic rings. The Balaban J connectivity index is 1.53. The van der Waals surface area contributed by atoms with Gasteiger partial charge in [0.2, 0.25) is 5.91 Å². The second kappa shape index (κ2) is 8.02. The number of carbonyl (C=O) groups is 1. The number of benzene rings is 1. The zero-order valence-corrected chi connectivity index (χ0v) is 17.7. The van der Waals surface area contributed by atoms with E-state index in [1.165, 1.54) is 12.8 Å². The minimum absolute atomic E-state index is 0.0696. The number of fused-ring (bicyclic) bond motifs is 1. The van der Waals surface area contributed by atoms with E-state index in [1.54, 1.807) is 30.3 Å². The SMILES string of the molecule is COc1cc([C@H]2CC(=O)Nc3c2c(C)nn3-c2ncccn2)ccc1OC1CCCC1. The summed E-state index contributed by atoms with van der Waals surface area (Å²) in [5.74, 6) is 2.27. The molecule has 2 aliphatic rings. The molecule has 1 aliphatic heterocycles. The molecule has 0 spiro atoms. The Labute approximate surface area is 180 Å². The Hall–Kier alpha value is -3.42. The topological polar surface area (TPSA) is 91.2 Å². The van der Waals surface area contributed by atoms with Gasteiger partial charge in [-0.1, -0.05) is 6.07 Å². The average Bonchev–Trinajstić information content (AvgIpc) is 3.42. The first kappa shape index (κ1) is 19.5. The summed E-state index contributed by atoms with van der Waals surface area (Å²) >= 11 is 0. The lowest BCUT2D eigenvalue weighted by Crippen LogP contribution is -2.25. The molecule has 160 valence electrons. The number of hydrogen-bond acceptors (Lipinski definition) is 6. The zero-order chi connectivity index (χ0) is 21.4. The van der Waals surface area contributed by atoms with Crippen molar-refractivity contribution >= 4 is 11.7 Å². The van der Waals surface area contributed by atoms with Crippen LogP contribution in [0.15, 0.2) is 36.7 Å². The monoisotopic (exact) mass is 419 g/mol. The van der Waals surface area contributed by atoms with Crippen LogP contribution in [0.1, 0.15) is 54.8 Å². The normalized spacial score (nSPS) is 18.5. The average molecular weight is 419 g/mol. The fourth-order valence-electron chi connectivity index (χ4n) is 4.56. The van der Waals surface area contributed by atoms with E-state index in [-0.39, 0.29) is 17.9 Å². The Morgan fingerprint density at radius 2 is 1.90 bits per heavy atom. The van der Waals surface area contributed by atoms with Gasteiger partial charge in [0.25, 0.3) is 5.95 Å². The molecule has 0 unspecified atom stereocenters. The molecule has 0 saturated heterocycles. The molecule has 31 heavy (non-hydrogen) atoms. The van der Waals surface area contributed by atoms with Gasteiger partial charge in [-0.25, -0.2) is 9.97 Å². The van der Waals surface area contributed by atoms with Crippen LogP contribution in [-0.2, 0) is 4.79 Å². The third-order valence-electron chi connectivity index (χ3n) is 6.03. The predicted molar refractivity (Wildman–Crippen MR) is 115 cm³/mol. The van der Waals surface area contributed by atoms with Crippen LogP contribution in [0.3, 0.4) is 0 Å². The van der Waals surface area contributed by atoms with Gasteiger partial charge in [0, 0.05) is 30.3 Å². The van der Waals surface area contributed by atoms with Crippen molar-refractivity contribution in [3.05, 3.63) is 53.5 Å². The van der Waals surface area contributed by atoms with Crippen LogP contribution in [-0.4, -0.2) is 38.9 Å². The summed E-state index contributed by atoms with van der Waals surface area (Å²) in [4.78, 5) is 21.2. The molecule has 8 nitrogen and oxygen atoms in total. The van der Waals surface area contributed by atoms with Crippen molar-refractivity contribution in [2.24, 2.45) is 0 Å². The number of ether oxygens (including phenoxy) is 2. The van der Waals surface area contributed by atoms with E-state index in [2.05, 4.69) is 20.4 Å². The van der Waals surface area contributed by atoms with Crippen LogP contribution in [0.5, 0.6) is 11.5 Å². The lowest BCUT2D eigenvalue weighted by Gasteiger charge is -2.25. The van der Waals surface area contributed by atoms with E-state index >= 15 is 0 Å². The van der Waals surface area contributed by atoms with Crippen LogP contribution in [0.2, 0.25) is 0 Å². The van der Waals surface area contributed by atoms with Crippen molar-refractivity contribution in [3.8, 4) is 17.4 Å². The standard InChI is InChI=1S/C23H25N5O3/c1-14-21-17(13-20(29)26-22(21)28(27-14)23-24-10-5-11-25-23)15-8-9-18(19(12-15)30-2)31-16-6-3-4-7-16/h5,8-12,16-17H,3-4,6-7,13H2,1-2H3,(H,26,29)/t17-/m1/s1. The first-order valence-corrected chi connectivity index (χ1v) is 10.7. The molecule has 5 rings (SSSR count). The molecule has 1 aliphatic carbocycles. The van der Waals surface area contributed by atoms with Gasteiger partial charge in [0.1, 0.15) is 5.82 Å². The third-order valence-corrected chi connectivity index (χ3v) is 6.03. The van der Waals surface area contributed by atoms with Crippen molar-refractivity contribution in [1.29, 1.82) is 0 Å². The van der Waals surface area contributed by atoms with Crippen LogP contribution in [0.4, 0.5) is 5.82 Å². The molecule has 1 N–H and O–H groups in total. The summed E-state index contributed by atoms with van der Waals surface area (Å²) in [5.41, 5.74) is 2.79. The fourth-order valence-corrected chi connectivity index (χ4v) is 4.56. The van der Waals surface area contributed by atoms with Gasteiger partial charge in [-0.15, -0.1) is 0 Å². The van der Waals surface area contributed by atoms with Gasteiger partial charge in [-0.05, 0) is 56.4 Å². The molecule has 0 bridgehead atoms. The van der Waals surface area contributed by atoms with E-state index in [1.807, 2.05) is 25.1 Å². The maximum atomic E-state index is 12.6. The molecule has 1 saturated carbocycles. The van der Waals surface area contributed by atoms with E-state index < -0.39 is 0 Å². The van der Waals surface area contributed by atoms with Gasteiger partial charge in [0.15, 0.2) is 11.5 Å². The molecular formula is C23H25N5O3. The van der Waals surface area contributed by atoms with Crippen LogP contribution in [0, 0.1) is 6.92 Å². The fraction of sp³-hybridized carbons (Fsp3) is 0.391. The Morgan fingerprint density at radius 3 is 2.65 bits per heavy atom. The summed E-state index contributed by atoms with van der Waals surface area (Å²) in [6, 6.07) is 7.71. The maximum Gasteiger partial charge on any atom is 0.252 e. The highest BCUT2D eigenvalue weighted by atomic mass is 16.5. The van der Waals surface area contributed by atoms with Gasteiger partial charge < -0.3 is 14.8 Å². The lowest BCUT2D eigenvalue weighted by molar-refractivity contribution is -0.116. The Bertz CT molecular complexity index is 1110.